The fourth-order valence-corrected chi connectivity index (χ4v) is 2.57. The molecule has 15 heavy (non-hydrogen) atoms. The molecule has 1 aliphatic carbocycles. The summed E-state index contributed by atoms with van der Waals surface area (Å²) in [5.74, 6) is 2.26. The van der Waals surface area contributed by atoms with Crippen LogP contribution in [-0.2, 0) is 0 Å². The van der Waals surface area contributed by atoms with Crippen molar-refractivity contribution < 1.29 is 5.11 Å². The Morgan fingerprint density at radius 1 is 1.33 bits per heavy atom. The van der Waals surface area contributed by atoms with Gasteiger partial charge in [0.2, 0.25) is 0 Å². The van der Waals surface area contributed by atoms with Gasteiger partial charge in [-0.15, -0.1) is 0 Å². The second-order valence-corrected chi connectivity index (χ2v) is 5.58. The van der Waals surface area contributed by atoms with Gasteiger partial charge < -0.3 is 10.4 Å². The van der Waals surface area contributed by atoms with Crippen molar-refractivity contribution in [3.05, 3.63) is 0 Å². The summed E-state index contributed by atoms with van der Waals surface area (Å²) in [5.41, 5.74) is 0. The summed E-state index contributed by atoms with van der Waals surface area (Å²) in [7, 11) is 0. The van der Waals surface area contributed by atoms with Crippen LogP contribution in [0.4, 0.5) is 0 Å². The molecular weight excluding hydrogens is 186 g/mol. The van der Waals surface area contributed by atoms with Gasteiger partial charge in [-0.05, 0) is 37.1 Å². The van der Waals surface area contributed by atoms with Crippen LogP contribution >= 0.6 is 0 Å². The molecule has 0 saturated heterocycles. The molecule has 0 aliphatic heterocycles. The maximum absolute atomic E-state index is 9.22. The van der Waals surface area contributed by atoms with Gasteiger partial charge in [-0.3, -0.25) is 0 Å². The summed E-state index contributed by atoms with van der Waals surface area (Å²) in [6.07, 6.45) is 5.53. The topological polar surface area (TPSA) is 32.3 Å². The minimum atomic E-state index is 0.264. The van der Waals surface area contributed by atoms with Crippen LogP contribution in [0, 0.1) is 17.8 Å². The highest BCUT2D eigenvalue weighted by molar-refractivity contribution is 4.76. The lowest BCUT2D eigenvalue weighted by Crippen LogP contribution is -2.40. The fraction of sp³-hybridized carbons (Fsp3) is 1.00. The lowest BCUT2D eigenvalue weighted by molar-refractivity contribution is 0.193. The molecule has 3 atom stereocenters. The quantitative estimate of drug-likeness (QED) is 0.735. The fourth-order valence-electron chi connectivity index (χ4n) is 2.57. The third-order valence-corrected chi connectivity index (χ3v) is 3.72. The minimum absolute atomic E-state index is 0.264. The van der Waals surface area contributed by atoms with Crippen LogP contribution in [0.15, 0.2) is 0 Å². The van der Waals surface area contributed by atoms with Crippen molar-refractivity contribution in [3.8, 4) is 0 Å². The van der Waals surface area contributed by atoms with Crippen LogP contribution in [0.5, 0.6) is 0 Å². The molecule has 0 bridgehead atoms. The van der Waals surface area contributed by atoms with Gasteiger partial charge in [0.1, 0.15) is 0 Å². The van der Waals surface area contributed by atoms with E-state index in [0.29, 0.717) is 5.92 Å². The number of aliphatic hydroxyl groups excluding tert-OH is 1. The Labute approximate surface area is 94.5 Å². The first kappa shape index (κ1) is 13.0. The summed E-state index contributed by atoms with van der Waals surface area (Å²) in [5, 5.41) is 12.7. The van der Waals surface area contributed by atoms with Gasteiger partial charge in [-0.2, -0.15) is 0 Å². The molecule has 2 unspecified atom stereocenters. The Kier molecular flexibility index (Phi) is 5.62. The number of hydrogen-bond donors (Lipinski definition) is 2. The van der Waals surface area contributed by atoms with Crippen LogP contribution in [0.25, 0.3) is 0 Å². The molecule has 2 heteroatoms. The molecular formula is C13H27NO. The molecule has 0 aromatic heterocycles. The molecule has 0 aromatic rings. The Morgan fingerprint density at radius 2 is 2.07 bits per heavy atom. The zero-order valence-electron chi connectivity index (χ0n) is 10.5. The second-order valence-electron chi connectivity index (χ2n) is 5.58. The lowest BCUT2D eigenvalue weighted by Gasteiger charge is -2.29. The maximum atomic E-state index is 9.22. The van der Waals surface area contributed by atoms with E-state index < -0.39 is 0 Å². The summed E-state index contributed by atoms with van der Waals surface area (Å²) in [6.45, 7) is 8.04. The molecule has 1 rings (SSSR count). The third-order valence-electron chi connectivity index (χ3n) is 3.72. The Morgan fingerprint density at radius 3 is 2.60 bits per heavy atom. The van der Waals surface area contributed by atoms with Gasteiger partial charge in [0.05, 0.1) is 6.61 Å². The van der Waals surface area contributed by atoms with Crippen LogP contribution in [-0.4, -0.2) is 24.3 Å². The monoisotopic (exact) mass is 213 g/mol. The van der Waals surface area contributed by atoms with Gasteiger partial charge in [0.25, 0.3) is 0 Å². The van der Waals surface area contributed by atoms with Crippen molar-refractivity contribution in [2.24, 2.45) is 17.8 Å². The molecule has 1 fully saturated rings. The largest absolute Gasteiger partial charge is 0.395 e. The molecule has 0 amide bonds. The molecule has 0 heterocycles. The van der Waals surface area contributed by atoms with Crippen LogP contribution in [0.2, 0.25) is 0 Å². The van der Waals surface area contributed by atoms with Gasteiger partial charge in [0.15, 0.2) is 0 Å². The van der Waals surface area contributed by atoms with E-state index in [1.165, 1.54) is 25.7 Å². The second kappa shape index (κ2) is 6.49. The van der Waals surface area contributed by atoms with E-state index in [9.17, 15) is 5.11 Å². The maximum Gasteiger partial charge on any atom is 0.0587 e. The normalized spacial score (nSPS) is 29.4. The van der Waals surface area contributed by atoms with Crippen molar-refractivity contribution in [3.63, 3.8) is 0 Å². The highest BCUT2D eigenvalue weighted by Crippen LogP contribution is 2.28. The van der Waals surface area contributed by atoms with E-state index in [1.54, 1.807) is 0 Å². The van der Waals surface area contributed by atoms with Crippen molar-refractivity contribution in [2.75, 3.05) is 13.2 Å². The molecule has 90 valence electrons. The Hall–Kier alpha value is -0.0800. The predicted molar refractivity (Wildman–Crippen MR) is 64.8 cm³/mol. The van der Waals surface area contributed by atoms with E-state index in [2.05, 4.69) is 26.1 Å². The Bertz CT molecular complexity index is 170. The number of aliphatic hydroxyl groups is 1. The Balaban J connectivity index is 2.23. The molecule has 0 spiro atoms. The molecule has 2 N–H and O–H groups in total. The van der Waals surface area contributed by atoms with E-state index in [0.717, 1.165) is 18.4 Å². The SMILES string of the molecule is CC1CCCC(CN[C@H](CO)C(C)C)C1. The summed E-state index contributed by atoms with van der Waals surface area (Å²) in [6, 6.07) is 0.280. The van der Waals surface area contributed by atoms with Gasteiger partial charge in [0, 0.05) is 6.04 Å². The molecule has 1 aliphatic rings. The summed E-state index contributed by atoms with van der Waals surface area (Å²) >= 11 is 0. The molecule has 0 radical (unpaired) electrons. The van der Waals surface area contributed by atoms with Crippen molar-refractivity contribution in [2.45, 2.75) is 52.5 Å². The average Bonchev–Trinajstić information content (AvgIpc) is 2.18. The molecule has 0 aromatic carbocycles. The third kappa shape index (κ3) is 4.52. The highest BCUT2D eigenvalue weighted by Gasteiger charge is 2.20. The van der Waals surface area contributed by atoms with Crippen molar-refractivity contribution >= 4 is 0 Å². The van der Waals surface area contributed by atoms with Gasteiger partial charge in [-0.1, -0.05) is 33.6 Å². The van der Waals surface area contributed by atoms with Gasteiger partial charge >= 0.3 is 0 Å². The summed E-state index contributed by atoms with van der Waals surface area (Å²) in [4.78, 5) is 0. The van der Waals surface area contributed by atoms with Crippen LogP contribution < -0.4 is 5.32 Å². The molecule has 1 saturated carbocycles. The van der Waals surface area contributed by atoms with Crippen molar-refractivity contribution in [1.82, 2.24) is 5.32 Å². The van der Waals surface area contributed by atoms with Gasteiger partial charge in [-0.25, -0.2) is 0 Å². The van der Waals surface area contributed by atoms with Crippen LogP contribution in [0.1, 0.15) is 46.5 Å². The minimum Gasteiger partial charge on any atom is -0.395 e. The highest BCUT2D eigenvalue weighted by atomic mass is 16.3. The number of rotatable bonds is 5. The zero-order valence-corrected chi connectivity index (χ0v) is 10.5. The predicted octanol–water partition coefficient (Wildman–Crippen LogP) is 2.42. The van der Waals surface area contributed by atoms with E-state index >= 15 is 0 Å². The van der Waals surface area contributed by atoms with E-state index in [1.807, 2.05) is 0 Å². The van der Waals surface area contributed by atoms with Crippen LogP contribution in [0.3, 0.4) is 0 Å². The number of hydrogen-bond acceptors (Lipinski definition) is 2. The lowest BCUT2D eigenvalue weighted by atomic mass is 9.82. The zero-order chi connectivity index (χ0) is 11.3. The first-order valence-corrected chi connectivity index (χ1v) is 6.47. The first-order chi connectivity index (χ1) is 7.13. The summed E-state index contributed by atoms with van der Waals surface area (Å²) < 4.78 is 0. The number of nitrogens with one attached hydrogen (secondary N) is 1. The van der Waals surface area contributed by atoms with E-state index in [-0.39, 0.29) is 12.6 Å². The standard InChI is InChI=1S/C13H27NO/c1-10(2)13(9-15)14-8-12-6-4-5-11(3)7-12/h10-15H,4-9H2,1-3H3/t11?,12?,13-/m1/s1. The molecule has 2 nitrogen and oxygen atoms in total. The van der Waals surface area contributed by atoms with Crippen molar-refractivity contribution in [1.29, 1.82) is 0 Å². The van der Waals surface area contributed by atoms with E-state index in [4.69, 9.17) is 0 Å². The average molecular weight is 213 g/mol. The first-order valence-electron chi connectivity index (χ1n) is 6.47. The smallest absolute Gasteiger partial charge is 0.0587 e.